The number of carbonyl (C=O) groups excluding carboxylic acids is 3. The highest BCUT2D eigenvalue weighted by Crippen LogP contribution is 2.25. The minimum Gasteiger partial charge on any atom is -0.367 e. The fraction of sp³-hybridized carbons (Fsp3) is 0.286. The van der Waals surface area contributed by atoms with Gasteiger partial charge in [0.15, 0.2) is 0 Å². The van der Waals surface area contributed by atoms with Crippen LogP contribution in [0.15, 0.2) is 42.5 Å². The first-order valence-corrected chi connectivity index (χ1v) is 9.42. The zero-order valence-corrected chi connectivity index (χ0v) is 16.0. The second-order valence-electron chi connectivity index (χ2n) is 7.19. The fourth-order valence-corrected chi connectivity index (χ4v) is 3.70. The Morgan fingerprint density at radius 3 is 2.41 bits per heavy atom. The van der Waals surface area contributed by atoms with Crippen molar-refractivity contribution in [3.05, 3.63) is 59.4 Å². The molecule has 1 fully saturated rings. The number of halogens is 1. The molecule has 7 nitrogen and oxygen atoms in total. The van der Waals surface area contributed by atoms with E-state index in [9.17, 15) is 18.8 Å². The second-order valence-corrected chi connectivity index (χ2v) is 7.19. The summed E-state index contributed by atoms with van der Waals surface area (Å²) >= 11 is 0. The smallest absolute Gasteiger partial charge is 0.261 e. The van der Waals surface area contributed by atoms with Gasteiger partial charge in [0.25, 0.3) is 11.8 Å². The Labute approximate surface area is 167 Å². The molecule has 0 spiro atoms. The average molecular weight is 396 g/mol. The molecule has 0 aromatic heterocycles. The monoisotopic (exact) mass is 396 g/mol. The molecule has 0 atom stereocenters. The first-order valence-electron chi connectivity index (χ1n) is 9.42. The SMILES string of the molecule is CN1C(=O)c2ccc(NC(=O)CN3CCN(c4ccccc4F)CC3)cc2C1=O. The molecule has 3 amide bonds. The molecule has 1 N–H and O–H groups in total. The fourth-order valence-electron chi connectivity index (χ4n) is 3.70. The number of hydrogen-bond donors (Lipinski definition) is 1. The molecule has 2 aliphatic heterocycles. The Hall–Kier alpha value is -3.26. The molecule has 2 heterocycles. The number of carbonyl (C=O) groups is 3. The van der Waals surface area contributed by atoms with E-state index in [-0.39, 0.29) is 30.1 Å². The van der Waals surface area contributed by atoms with Crippen LogP contribution in [0, 0.1) is 5.82 Å². The van der Waals surface area contributed by atoms with Crippen LogP contribution in [0.5, 0.6) is 0 Å². The van der Waals surface area contributed by atoms with Crippen molar-refractivity contribution in [2.45, 2.75) is 0 Å². The maximum absolute atomic E-state index is 13.9. The van der Waals surface area contributed by atoms with Gasteiger partial charge in [-0.3, -0.25) is 24.2 Å². The Bertz CT molecular complexity index is 986. The van der Waals surface area contributed by atoms with Gasteiger partial charge in [0.05, 0.1) is 23.4 Å². The van der Waals surface area contributed by atoms with Crippen LogP contribution < -0.4 is 10.2 Å². The van der Waals surface area contributed by atoms with Crippen LogP contribution in [-0.2, 0) is 4.79 Å². The van der Waals surface area contributed by atoms with Gasteiger partial charge in [-0.1, -0.05) is 12.1 Å². The lowest BCUT2D eigenvalue weighted by Crippen LogP contribution is -2.48. The van der Waals surface area contributed by atoms with Crippen molar-refractivity contribution < 1.29 is 18.8 Å². The van der Waals surface area contributed by atoms with Crippen LogP contribution in [0.2, 0.25) is 0 Å². The first-order chi connectivity index (χ1) is 13.9. The summed E-state index contributed by atoms with van der Waals surface area (Å²) < 4.78 is 13.9. The summed E-state index contributed by atoms with van der Waals surface area (Å²) in [6.45, 7) is 2.76. The number of benzene rings is 2. The lowest BCUT2D eigenvalue weighted by molar-refractivity contribution is -0.117. The molecule has 29 heavy (non-hydrogen) atoms. The van der Waals surface area contributed by atoms with Gasteiger partial charge < -0.3 is 10.2 Å². The van der Waals surface area contributed by atoms with Gasteiger partial charge in [0.2, 0.25) is 5.91 Å². The predicted molar refractivity (Wildman–Crippen MR) is 107 cm³/mol. The molecule has 2 aromatic carbocycles. The van der Waals surface area contributed by atoms with E-state index in [0.717, 1.165) is 4.90 Å². The highest BCUT2D eigenvalue weighted by molar-refractivity contribution is 6.21. The summed E-state index contributed by atoms with van der Waals surface area (Å²) in [4.78, 5) is 41.5. The Kier molecular flexibility index (Phi) is 5.02. The van der Waals surface area contributed by atoms with E-state index in [4.69, 9.17) is 0 Å². The zero-order valence-electron chi connectivity index (χ0n) is 16.0. The molecule has 150 valence electrons. The van der Waals surface area contributed by atoms with Crippen molar-refractivity contribution in [1.29, 1.82) is 0 Å². The van der Waals surface area contributed by atoms with Gasteiger partial charge in [-0.25, -0.2) is 4.39 Å². The minimum atomic E-state index is -0.370. The molecule has 0 bridgehead atoms. The molecular formula is C21H21FN4O3. The van der Waals surface area contributed by atoms with E-state index in [1.165, 1.54) is 19.2 Å². The van der Waals surface area contributed by atoms with E-state index in [1.807, 2.05) is 15.9 Å². The largest absolute Gasteiger partial charge is 0.367 e. The second kappa shape index (κ2) is 7.63. The summed E-state index contributed by atoms with van der Waals surface area (Å²) in [5.74, 6) is -1.15. The third kappa shape index (κ3) is 3.71. The molecule has 8 heteroatoms. The van der Waals surface area contributed by atoms with Gasteiger partial charge in [-0.2, -0.15) is 0 Å². The van der Waals surface area contributed by atoms with E-state index in [0.29, 0.717) is 48.7 Å². The van der Waals surface area contributed by atoms with Crippen LogP contribution in [0.25, 0.3) is 0 Å². The first kappa shape index (κ1) is 19.1. The topological polar surface area (TPSA) is 73.0 Å². The number of fused-ring (bicyclic) bond motifs is 1. The molecule has 1 saturated heterocycles. The Balaban J connectivity index is 1.33. The van der Waals surface area contributed by atoms with Gasteiger partial charge in [-0.15, -0.1) is 0 Å². The van der Waals surface area contributed by atoms with Crippen LogP contribution in [0.1, 0.15) is 20.7 Å². The molecule has 0 radical (unpaired) electrons. The molecule has 2 aromatic rings. The number of rotatable bonds is 4. The van der Waals surface area contributed by atoms with Crippen LogP contribution in [-0.4, -0.2) is 67.3 Å². The molecule has 0 aliphatic carbocycles. The summed E-state index contributed by atoms with van der Waals surface area (Å²) in [7, 11) is 1.43. The molecule has 2 aliphatic rings. The summed E-state index contributed by atoms with van der Waals surface area (Å²) in [6.07, 6.45) is 0. The average Bonchev–Trinajstić information content (AvgIpc) is 2.93. The normalized spacial score (nSPS) is 16.9. The van der Waals surface area contributed by atoms with Gasteiger partial charge in [0.1, 0.15) is 5.82 Å². The number of para-hydroxylation sites is 1. The van der Waals surface area contributed by atoms with Gasteiger partial charge >= 0.3 is 0 Å². The maximum Gasteiger partial charge on any atom is 0.261 e. The van der Waals surface area contributed by atoms with Crippen molar-refractivity contribution in [2.75, 3.05) is 50.0 Å². The summed E-state index contributed by atoms with van der Waals surface area (Å²) in [6, 6.07) is 11.4. The third-order valence-electron chi connectivity index (χ3n) is 5.31. The summed E-state index contributed by atoms with van der Waals surface area (Å²) in [5, 5.41) is 2.78. The van der Waals surface area contributed by atoms with E-state index in [1.54, 1.807) is 24.3 Å². The van der Waals surface area contributed by atoms with Crippen molar-refractivity contribution in [2.24, 2.45) is 0 Å². The number of nitrogens with zero attached hydrogens (tertiary/aromatic N) is 3. The lowest BCUT2D eigenvalue weighted by Gasteiger charge is -2.35. The molecule has 0 saturated carbocycles. The highest BCUT2D eigenvalue weighted by atomic mass is 19.1. The van der Waals surface area contributed by atoms with Crippen molar-refractivity contribution in [3.8, 4) is 0 Å². The standard InChI is InChI=1S/C21H21FN4O3/c1-24-20(28)15-7-6-14(12-16(15)21(24)29)23-19(27)13-25-8-10-26(11-9-25)18-5-3-2-4-17(18)22/h2-7,12H,8-11,13H2,1H3,(H,23,27). The maximum atomic E-state index is 13.9. The van der Waals surface area contributed by atoms with Crippen molar-refractivity contribution in [1.82, 2.24) is 9.80 Å². The number of hydrogen-bond acceptors (Lipinski definition) is 5. The van der Waals surface area contributed by atoms with E-state index in [2.05, 4.69) is 5.32 Å². The number of piperazine rings is 1. The van der Waals surface area contributed by atoms with Crippen LogP contribution in [0.4, 0.5) is 15.8 Å². The van der Waals surface area contributed by atoms with E-state index < -0.39 is 0 Å². The molecule has 0 unspecified atom stereocenters. The number of imide groups is 1. The van der Waals surface area contributed by atoms with Crippen LogP contribution in [0.3, 0.4) is 0 Å². The third-order valence-corrected chi connectivity index (χ3v) is 5.31. The lowest BCUT2D eigenvalue weighted by atomic mass is 10.1. The Morgan fingerprint density at radius 1 is 1.00 bits per heavy atom. The van der Waals surface area contributed by atoms with Gasteiger partial charge in [0, 0.05) is 38.9 Å². The zero-order chi connectivity index (χ0) is 20.5. The number of anilines is 2. The quantitative estimate of drug-likeness (QED) is 0.798. The minimum absolute atomic E-state index is 0.200. The van der Waals surface area contributed by atoms with Crippen molar-refractivity contribution >= 4 is 29.1 Å². The number of amides is 3. The van der Waals surface area contributed by atoms with E-state index >= 15 is 0 Å². The van der Waals surface area contributed by atoms with Crippen LogP contribution >= 0.6 is 0 Å². The van der Waals surface area contributed by atoms with Gasteiger partial charge in [-0.05, 0) is 30.3 Å². The van der Waals surface area contributed by atoms with Crippen molar-refractivity contribution in [3.63, 3.8) is 0 Å². The molecular weight excluding hydrogens is 375 g/mol. The predicted octanol–water partition coefficient (Wildman–Crippen LogP) is 1.81. The Morgan fingerprint density at radius 2 is 1.69 bits per heavy atom. The highest BCUT2D eigenvalue weighted by Gasteiger charge is 2.32. The number of nitrogens with one attached hydrogen (secondary N) is 1. The molecule has 4 rings (SSSR count). The summed E-state index contributed by atoms with van der Waals surface area (Å²) in [5.41, 5.74) is 1.71.